The minimum Gasteiger partial charge on any atom is -0.383 e. The van der Waals surface area contributed by atoms with E-state index in [9.17, 15) is 4.79 Å². The fourth-order valence-corrected chi connectivity index (χ4v) is 3.16. The number of rotatable bonds is 6. The van der Waals surface area contributed by atoms with Gasteiger partial charge in [0.15, 0.2) is 0 Å². The highest BCUT2D eigenvalue weighted by Gasteiger charge is 2.19. The van der Waals surface area contributed by atoms with Crippen molar-refractivity contribution in [3.05, 3.63) is 70.4 Å². The molecule has 1 amide bonds. The highest BCUT2D eigenvalue weighted by atomic mass is 35.5. The lowest BCUT2D eigenvalue weighted by atomic mass is 10.1. The average Bonchev–Trinajstić information content (AvgIpc) is 3.07. The zero-order chi connectivity index (χ0) is 19.4. The van der Waals surface area contributed by atoms with Gasteiger partial charge in [0.2, 0.25) is 0 Å². The molecule has 3 rings (SSSR count). The molecule has 5 nitrogen and oxygen atoms in total. The number of benzene rings is 2. The van der Waals surface area contributed by atoms with Gasteiger partial charge in [-0.15, -0.1) is 0 Å². The minimum absolute atomic E-state index is 0.210. The van der Waals surface area contributed by atoms with Crippen LogP contribution in [0.4, 0.5) is 0 Å². The molecule has 0 fully saturated rings. The Hall–Kier alpha value is -2.63. The van der Waals surface area contributed by atoms with Gasteiger partial charge in [-0.05, 0) is 37.6 Å². The number of carbonyl (C=O) groups excluding carboxylic acids is 1. The summed E-state index contributed by atoms with van der Waals surface area (Å²) in [6, 6.07) is 15.3. The normalized spacial score (nSPS) is 10.8. The molecule has 0 radical (unpaired) electrons. The Morgan fingerprint density at radius 3 is 2.67 bits per heavy atom. The summed E-state index contributed by atoms with van der Waals surface area (Å²) in [6.45, 7) is 4.91. The summed E-state index contributed by atoms with van der Waals surface area (Å²) in [5.41, 5.74) is 4.94. The molecule has 140 valence electrons. The molecule has 2 aromatic carbocycles. The van der Waals surface area contributed by atoms with E-state index >= 15 is 0 Å². The van der Waals surface area contributed by atoms with E-state index < -0.39 is 0 Å². The maximum atomic E-state index is 12.8. The van der Waals surface area contributed by atoms with E-state index in [4.69, 9.17) is 21.4 Å². The molecule has 0 saturated heterocycles. The number of ether oxygens (including phenoxy) is 1. The Morgan fingerprint density at radius 2 is 1.96 bits per heavy atom. The summed E-state index contributed by atoms with van der Waals surface area (Å²) >= 11 is 6.33. The van der Waals surface area contributed by atoms with Gasteiger partial charge in [-0.1, -0.05) is 47.5 Å². The topological polar surface area (TPSA) is 56.1 Å². The van der Waals surface area contributed by atoms with Crippen molar-refractivity contribution in [2.45, 2.75) is 13.8 Å². The van der Waals surface area contributed by atoms with E-state index in [-0.39, 0.29) is 5.91 Å². The highest BCUT2D eigenvalue weighted by Crippen LogP contribution is 2.29. The lowest BCUT2D eigenvalue weighted by Gasteiger charge is -2.11. The van der Waals surface area contributed by atoms with Crippen LogP contribution < -0.4 is 5.32 Å². The van der Waals surface area contributed by atoms with Crippen molar-refractivity contribution < 1.29 is 9.53 Å². The summed E-state index contributed by atoms with van der Waals surface area (Å²) in [5.74, 6) is -0.210. The predicted octanol–water partition coefficient (Wildman–Crippen LogP) is 4.19. The molecule has 6 heteroatoms. The number of methoxy groups -OCH3 is 1. The van der Waals surface area contributed by atoms with E-state index in [1.807, 2.05) is 50.2 Å². The van der Waals surface area contributed by atoms with Crippen LogP contribution in [0.3, 0.4) is 0 Å². The number of carbonyl (C=O) groups is 1. The molecule has 1 aromatic heterocycles. The number of aryl methyl sites for hydroxylation is 2. The number of nitrogens with one attached hydrogen (secondary N) is 1. The van der Waals surface area contributed by atoms with Crippen LogP contribution in [0.25, 0.3) is 16.9 Å². The van der Waals surface area contributed by atoms with Crippen molar-refractivity contribution in [3.8, 4) is 16.9 Å². The van der Waals surface area contributed by atoms with E-state index in [0.29, 0.717) is 29.6 Å². The van der Waals surface area contributed by atoms with Gasteiger partial charge in [-0.25, -0.2) is 4.68 Å². The summed E-state index contributed by atoms with van der Waals surface area (Å²) in [7, 11) is 1.60. The quantitative estimate of drug-likeness (QED) is 0.649. The van der Waals surface area contributed by atoms with E-state index in [1.54, 1.807) is 17.9 Å². The van der Waals surface area contributed by atoms with E-state index in [2.05, 4.69) is 11.4 Å². The van der Waals surface area contributed by atoms with Crippen LogP contribution in [0.2, 0.25) is 5.02 Å². The number of halogens is 1. The molecule has 27 heavy (non-hydrogen) atoms. The van der Waals surface area contributed by atoms with Gasteiger partial charge < -0.3 is 10.1 Å². The standard InChI is InChI=1S/C21H22ClN3O2/c1-14-8-9-19(15(2)12-14)25-20(21(26)23-10-11-27-3)13-18(24-25)16-6-4-5-7-17(16)22/h4-9,12-13H,10-11H2,1-3H3,(H,23,26). The van der Waals surface area contributed by atoms with Crippen molar-refractivity contribution in [2.75, 3.05) is 20.3 Å². The first-order chi connectivity index (χ1) is 13.0. The molecule has 0 atom stereocenters. The molecule has 0 spiro atoms. The molecule has 0 bridgehead atoms. The second-order valence-electron chi connectivity index (χ2n) is 6.35. The van der Waals surface area contributed by atoms with Crippen LogP contribution in [0.5, 0.6) is 0 Å². The third-order valence-electron chi connectivity index (χ3n) is 4.26. The zero-order valence-electron chi connectivity index (χ0n) is 15.6. The highest BCUT2D eigenvalue weighted by molar-refractivity contribution is 6.33. The zero-order valence-corrected chi connectivity index (χ0v) is 16.4. The average molecular weight is 384 g/mol. The van der Waals surface area contributed by atoms with Crippen LogP contribution in [0.15, 0.2) is 48.5 Å². The predicted molar refractivity (Wildman–Crippen MR) is 108 cm³/mol. The smallest absolute Gasteiger partial charge is 0.270 e. The fraction of sp³-hybridized carbons (Fsp3) is 0.238. The van der Waals surface area contributed by atoms with Gasteiger partial charge in [-0.2, -0.15) is 5.10 Å². The monoisotopic (exact) mass is 383 g/mol. The number of hydrogen-bond acceptors (Lipinski definition) is 3. The molecule has 3 aromatic rings. The first-order valence-corrected chi connectivity index (χ1v) is 9.09. The second-order valence-corrected chi connectivity index (χ2v) is 6.75. The van der Waals surface area contributed by atoms with Crippen molar-refractivity contribution >= 4 is 17.5 Å². The van der Waals surface area contributed by atoms with Crippen molar-refractivity contribution in [1.82, 2.24) is 15.1 Å². The number of nitrogens with zero attached hydrogens (tertiary/aromatic N) is 2. The van der Waals surface area contributed by atoms with Gasteiger partial charge in [0, 0.05) is 19.2 Å². The summed E-state index contributed by atoms with van der Waals surface area (Å²) < 4.78 is 6.69. The largest absolute Gasteiger partial charge is 0.383 e. The summed E-state index contributed by atoms with van der Waals surface area (Å²) in [6.07, 6.45) is 0. The van der Waals surface area contributed by atoms with Crippen molar-refractivity contribution in [2.24, 2.45) is 0 Å². The van der Waals surface area contributed by atoms with Crippen LogP contribution in [-0.2, 0) is 4.74 Å². The third kappa shape index (κ3) is 4.21. The van der Waals surface area contributed by atoms with Gasteiger partial charge in [0.25, 0.3) is 5.91 Å². The maximum Gasteiger partial charge on any atom is 0.270 e. The summed E-state index contributed by atoms with van der Waals surface area (Å²) in [5, 5.41) is 8.15. The Morgan fingerprint density at radius 1 is 1.19 bits per heavy atom. The SMILES string of the molecule is COCCNC(=O)c1cc(-c2ccccc2Cl)nn1-c1ccc(C)cc1C. The molecular weight excluding hydrogens is 362 g/mol. The van der Waals surface area contributed by atoms with Crippen LogP contribution in [0.1, 0.15) is 21.6 Å². The molecular formula is C21H22ClN3O2. The van der Waals surface area contributed by atoms with Crippen molar-refractivity contribution in [3.63, 3.8) is 0 Å². The van der Waals surface area contributed by atoms with E-state index in [0.717, 1.165) is 22.4 Å². The maximum absolute atomic E-state index is 12.8. The molecule has 0 aliphatic carbocycles. The third-order valence-corrected chi connectivity index (χ3v) is 4.59. The number of amides is 1. The first-order valence-electron chi connectivity index (χ1n) is 8.71. The van der Waals surface area contributed by atoms with Gasteiger partial charge in [0.05, 0.1) is 23.0 Å². The molecule has 0 saturated carbocycles. The lowest BCUT2D eigenvalue weighted by Crippen LogP contribution is -2.29. The number of aromatic nitrogens is 2. The fourth-order valence-electron chi connectivity index (χ4n) is 2.93. The molecule has 1 N–H and O–H groups in total. The minimum atomic E-state index is -0.210. The summed E-state index contributed by atoms with van der Waals surface area (Å²) in [4.78, 5) is 12.8. The Bertz CT molecular complexity index is 966. The van der Waals surface area contributed by atoms with E-state index in [1.165, 1.54) is 0 Å². The molecule has 0 aliphatic heterocycles. The molecule has 1 heterocycles. The lowest BCUT2D eigenvalue weighted by molar-refractivity contribution is 0.0929. The van der Waals surface area contributed by atoms with Crippen LogP contribution in [-0.4, -0.2) is 35.9 Å². The molecule has 0 aliphatic rings. The first kappa shape index (κ1) is 19.1. The van der Waals surface area contributed by atoms with Gasteiger partial charge >= 0.3 is 0 Å². The number of hydrogen-bond donors (Lipinski definition) is 1. The molecule has 0 unspecified atom stereocenters. The Kier molecular flexibility index (Phi) is 5.94. The van der Waals surface area contributed by atoms with Gasteiger partial charge in [0.1, 0.15) is 5.69 Å². The Labute approximate surface area is 163 Å². The second kappa shape index (κ2) is 8.37. The van der Waals surface area contributed by atoms with Crippen molar-refractivity contribution in [1.29, 1.82) is 0 Å². The van der Waals surface area contributed by atoms with Crippen LogP contribution in [0, 0.1) is 13.8 Å². The Balaban J connectivity index is 2.09. The van der Waals surface area contributed by atoms with Crippen LogP contribution >= 0.6 is 11.6 Å². The van der Waals surface area contributed by atoms with Gasteiger partial charge in [-0.3, -0.25) is 4.79 Å².